The van der Waals surface area contributed by atoms with E-state index in [1.807, 2.05) is 31.0 Å². The van der Waals surface area contributed by atoms with Gasteiger partial charge in [0.25, 0.3) is 5.91 Å². The molecule has 3 heterocycles. The lowest BCUT2D eigenvalue weighted by Crippen LogP contribution is -2.28. The molecular formula is C20H26N4O. The number of likely N-dealkylation sites (tertiary alicyclic amines) is 1. The van der Waals surface area contributed by atoms with E-state index in [9.17, 15) is 4.79 Å². The molecule has 0 unspecified atom stereocenters. The molecular weight excluding hydrogens is 312 g/mol. The first kappa shape index (κ1) is 16.2. The van der Waals surface area contributed by atoms with Gasteiger partial charge in [-0.2, -0.15) is 0 Å². The summed E-state index contributed by atoms with van der Waals surface area (Å²) in [5.41, 5.74) is 3.07. The van der Waals surface area contributed by atoms with Crippen LogP contribution in [0, 0.1) is 6.92 Å². The number of anilines is 1. The van der Waals surface area contributed by atoms with Crippen LogP contribution < -0.4 is 4.90 Å². The summed E-state index contributed by atoms with van der Waals surface area (Å²) < 4.78 is 2.10. The topological polar surface area (TPSA) is 41.4 Å². The van der Waals surface area contributed by atoms with Gasteiger partial charge in [0.05, 0.1) is 5.69 Å². The van der Waals surface area contributed by atoms with E-state index in [0.29, 0.717) is 5.92 Å². The summed E-state index contributed by atoms with van der Waals surface area (Å²) >= 11 is 0. The van der Waals surface area contributed by atoms with Crippen LogP contribution in [0.25, 0.3) is 0 Å². The molecule has 1 atom stereocenters. The van der Waals surface area contributed by atoms with Crippen molar-refractivity contribution in [3.05, 3.63) is 47.5 Å². The Morgan fingerprint density at radius 3 is 2.48 bits per heavy atom. The van der Waals surface area contributed by atoms with Gasteiger partial charge in [-0.3, -0.25) is 4.79 Å². The third-order valence-electron chi connectivity index (χ3n) is 5.46. The Balaban J connectivity index is 1.43. The van der Waals surface area contributed by atoms with Gasteiger partial charge in [0, 0.05) is 56.6 Å². The minimum absolute atomic E-state index is 0.140. The maximum Gasteiger partial charge on any atom is 0.253 e. The van der Waals surface area contributed by atoms with Crippen molar-refractivity contribution >= 4 is 11.6 Å². The van der Waals surface area contributed by atoms with Crippen molar-refractivity contribution in [1.82, 2.24) is 14.5 Å². The molecule has 5 heteroatoms. The summed E-state index contributed by atoms with van der Waals surface area (Å²) in [6.45, 7) is 5.85. The molecule has 2 aliphatic heterocycles. The van der Waals surface area contributed by atoms with Crippen molar-refractivity contribution < 1.29 is 4.79 Å². The molecule has 0 saturated carbocycles. The second-order valence-electron chi connectivity index (χ2n) is 7.33. The van der Waals surface area contributed by atoms with E-state index < -0.39 is 0 Å². The number of carbonyl (C=O) groups excluding carboxylic acids is 1. The average molecular weight is 338 g/mol. The molecule has 25 heavy (non-hydrogen) atoms. The minimum atomic E-state index is 0.140. The molecule has 2 saturated heterocycles. The van der Waals surface area contributed by atoms with Crippen molar-refractivity contribution in [1.29, 1.82) is 0 Å². The number of aromatic nitrogens is 2. The number of hydrogen-bond donors (Lipinski definition) is 0. The van der Waals surface area contributed by atoms with Crippen LogP contribution in [-0.2, 0) is 7.05 Å². The van der Waals surface area contributed by atoms with Crippen molar-refractivity contribution in [2.24, 2.45) is 7.05 Å². The number of hydrogen-bond acceptors (Lipinski definition) is 3. The number of aryl methyl sites for hydroxylation is 2. The van der Waals surface area contributed by atoms with Gasteiger partial charge >= 0.3 is 0 Å². The molecule has 132 valence electrons. The van der Waals surface area contributed by atoms with Crippen LogP contribution in [0.2, 0.25) is 0 Å². The summed E-state index contributed by atoms with van der Waals surface area (Å²) in [7, 11) is 2.04. The second kappa shape index (κ2) is 6.54. The molecule has 2 aliphatic rings. The van der Waals surface area contributed by atoms with Crippen LogP contribution in [0.5, 0.6) is 0 Å². The Bertz CT molecular complexity index is 759. The molecule has 0 aliphatic carbocycles. The van der Waals surface area contributed by atoms with E-state index in [1.54, 1.807) is 0 Å². The summed E-state index contributed by atoms with van der Waals surface area (Å²) in [6.07, 6.45) is 5.57. The van der Waals surface area contributed by atoms with E-state index in [-0.39, 0.29) is 5.91 Å². The molecule has 5 nitrogen and oxygen atoms in total. The molecule has 4 rings (SSSR count). The number of imidazole rings is 1. The summed E-state index contributed by atoms with van der Waals surface area (Å²) in [6, 6.07) is 8.14. The highest BCUT2D eigenvalue weighted by atomic mass is 16.2. The van der Waals surface area contributed by atoms with Crippen LogP contribution in [0.3, 0.4) is 0 Å². The SMILES string of the molecule is Cc1cn(C)c([C@H]2CCN(C(=O)c3ccc(N4CCCC4)cc3)C2)n1. The van der Waals surface area contributed by atoms with Gasteiger partial charge in [0.15, 0.2) is 0 Å². The van der Waals surface area contributed by atoms with Gasteiger partial charge in [-0.05, 0) is 50.5 Å². The highest BCUT2D eigenvalue weighted by Crippen LogP contribution is 2.28. The lowest BCUT2D eigenvalue weighted by molar-refractivity contribution is 0.0790. The first-order valence-corrected chi connectivity index (χ1v) is 9.26. The van der Waals surface area contributed by atoms with Crippen molar-refractivity contribution in [3.63, 3.8) is 0 Å². The zero-order valence-electron chi connectivity index (χ0n) is 15.1. The highest BCUT2D eigenvalue weighted by Gasteiger charge is 2.30. The number of rotatable bonds is 3. The van der Waals surface area contributed by atoms with E-state index in [4.69, 9.17) is 0 Å². The molecule has 0 N–H and O–H groups in total. The van der Waals surface area contributed by atoms with E-state index >= 15 is 0 Å². The molecule has 0 spiro atoms. The fraction of sp³-hybridized carbons (Fsp3) is 0.500. The predicted molar refractivity (Wildman–Crippen MR) is 99.1 cm³/mol. The normalized spacial score (nSPS) is 20.5. The average Bonchev–Trinajstić information content (AvgIpc) is 3.35. The standard InChI is InChI=1S/C20H26N4O/c1-15-13-22(2)19(21-15)17-9-12-24(14-17)20(25)16-5-7-18(8-6-16)23-10-3-4-11-23/h5-8,13,17H,3-4,9-12,14H2,1-2H3/t17-/m0/s1. The molecule has 2 aromatic rings. The number of benzene rings is 1. The zero-order chi connectivity index (χ0) is 17.4. The van der Waals surface area contributed by atoms with Gasteiger partial charge in [0.2, 0.25) is 0 Å². The maximum absolute atomic E-state index is 12.8. The molecule has 0 bridgehead atoms. The van der Waals surface area contributed by atoms with Gasteiger partial charge in [-0.1, -0.05) is 0 Å². The third kappa shape index (κ3) is 3.15. The van der Waals surface area contributed by atoms with Crippen LogP contribution >= 0.6 is 0 Å². The lowest BCUT2D eigenvalue weighted by Gasteiger charge is -2.19. The predicted octanol–water partition coefficient (Wildman–Crippen LogP) is 2.96. The third-order valence-corrected chi connectivity index (χ3v) is 5.46. The van der Waals surface area contributed by atoms with Gasteiger partial charge < -0.3 is 14.4 Å². The van der Waals surface area contributed by atoms with Crippen LogP contribution in [0.4, 0.5) is 5.69 Å². The summed E-state index contributed by atoms with van der Waals surface area (Å²) in [5, 5.41) is 0. The molecule has 1 aromatic heterocycles. The Morgan fingerprint density at radius 2 is 1.84 bits per heavy atom. The van der Waals surface area contributed by atoms with E-state index in [1.165, 1.54) is 18.5 Å². The van der Waals surface area contributed by atoms with Crippen molar-refractivity contribution in [2.45, 2.75) is 32.1 Å². The fourth-order valence-corrected chi connectivity index (χ4v) is 4.14. The zero-order valence-corrected chi connectivity index (χ0v) is 15.1. The number of amides is 1. The Morgan fingerprint density at radius 1 is 1.12 bits per heavy atom. The smallest absolute Gasteiger partial charge is 0.253 e. The Hall–Kier alpha value is -2.30. The van der Waals surface area contributed by atoms with Crippen molar-refractivity contribution in [3.8, 4) is 0 Å². The second-order valence-corrected chi connectivity index (χ2v) is 7.33. The lowest BCUT2D eigenvalue weighted by atomic mass is 10.1. The first-order valence-electron chi connectivity index (χ1n) is 9.26. The largest absolute Gasteiger partial charge is 0.372 e. The summed E-state index contributed by atoms with van der Waals surface area (Å²) in [5.74, 6) is 1.57. The van der Waals surface area contributed by atoms with Crippen molar-refractivity contribution in [2.75, 3.05) is 31.1 Å². The van der Waals surface area contributed by atoms with Gasteiger partial charge in [-0.25, -0.2) is 4.98 Å². The van der Waals surface area contributed by atoms with E-state index in [2.05, 4.69) is 32.8 Å². The van der Waals surface area contributed by atoms with Crippen LogP contribution in [0.1, 0.15) is 47.1 Å². The minimum Gasteiger partial charge on any atom is -0.372 e. The number of nitrogens with zero attached hydrogens (tertiary/aromatic N) is 4. The first-order chi connectivity index (χ1) is 12.1. The van der Waals surface area contributed by atoms with Gasteiger partial charge in [-0.15, -0.1) is 0 Å². The highest BCUT2D eigenvalue weighted by molar-refractivity contribution is 5.94. The summed E-state index contributed by atoms with van der Waals surface area (Å²) in [4.78, 5) is 21.8. The molecule has 1 amide bonds. The number of carbonyl (C=O) groups is 1. The Kier molecular flexibility index (Phi) is 4.24. The fourth-order valence-electron chi connectivity index (χ4n) is 4.14. The molecule has 2 fully saturated rings. The molecule has 1 aromatic carbocycles. The van der Waals surface area contributed by atoms with Crippen LogP contribution in [0.15, 0.2) is 30.5 Å². The quantitative estimate of drug-likeness (QED) is 0.864. The van der Waals surface area contributed by atoms with E-state index in [0.717, 1.165) is 49.7 Å². The molecule has 0 radical (unpaired) electrons. The van der Waals surface area contributed by atoms with Crippen LogP contribution in [-0.4, -0.2) is 46.5 Å². The Labute approximate surface area is 149 Å². The van der Waals surface area contributed by atoms with Gasteiger partial charge in [0.1, 0.15) is 5.82 Å². The maximum atomic E-state index is 12.8. The monoisotopic (exact) mass is 338 g/mol.